The molecule has 0 aromatic rings. The molecule has 0 bridgehead atoms. The highest BCUT2D eigenvalue weighted by molar-refractivity contribution is 4.90. The summed E-state index contributed by atoms with van der Waals surface area (Å²) in [6.07, 6.45) is 3.80. The summed E-state index contributed by atoms with van der Waals surface area (Å²) >= 11 is 0. The first-order valence-corrected chi connectivity index (χ1v) is 4.00. The van der Waals surface area contributed by atoms with Crippen LogP contribution in [-0.2, 0) is 0 Å². The predicted octanol–water partition coefficient (Wildman–Crippen LogP) is 0.920. The highest BCUT2D eigenvalue weighted by Crippen LogP contribution is 2.41. The smallest absolute Gasteiger partial charge is 0.0648 e. The molecule has 1 rings (SSSR count). The second-order valence-electron chi connectivity index (χ2n) is 3.46. The van der Waals surface area contributed by atoms with E-state index in [4.69, 9.17) is 5.11 Å². The van der Waals surface area contributed by atoms with Crippen LogP contribution in [0.1, 0.15) is 32.6 Å². The molecule has 2 N–H and O–H groups in total. The fourth-order valence-electron chi connectivity index (χ4n) is 1.35. The second-order valence-corrected chi connectivity index (χ2v) is 3.46. The maximum absolute atomic E-state index is 9.67. The summed E-state index contributed by atoms with van der Waals surface area (Å²) in [5.41, 5.74) is -0.497. The predicted molar refractivity (Wildman–Crippen MR) is 39.7 cm³/mol. The molecule has 0 aromatic heterocycles. The molecule has 1 atom stereocenters. The second kappa shape index (κ2) is 2.89. The van der Waals surface area contributed by atoms with Crippen molar-refractivity contribution < 1.29 is 10.2 Å². The molecule has 1 aliphatic carbocycles. The largest absolute Gasteiger partial charge is 0.396 e. The molecule has 1 aliphatic rings. The van der Waals surface area contributed by atoms with Crippen molar-refractivity contribution in [2.45, 2.75) is 38.2 Å². The van der Waals surface area contributed by atoms with Crippen LogP contribution in [0, 0.1) is 5.92 Å². The molecular formula is C8H16O2. The minimum Gasteiger partial charge on any atom is -0.396 e. The molecule has 1 unspecified atom stereocenters. The van der Waals surface area contributed by atoms with Crippen LogP contribution in [-0.4, -0.2) is 22.4 Å². The first-order valence-electron chi connectivity index (χ1n) is 4.00. The zero-order valence-electron chi connectivity index (χ0n) is 6.51. The lowest BCUT2D eigenvalue weighted by Gasteiger charge is -2.21. The quantitative estimate of drug-likeness (QED) is 0.616. The van der Waals surface area contributed by atoms with Gasteiger partial charge in [-0.15, -0.1) is 0 Å². The van der Waals surface area contributed by atoms with E-state index in [1.165, 1.54) is 12.8 Å². The summed E-state index contributed by atoms with van der Waals surface area (Å²) in [5.74, 6) is 0.513. The van der Waals surface area contributed by atoms with Crippen molar-refractivity contribution in [2.75, 3.05) is 6.61 Å². The Labute approximate surface area is 61.9 Å². The lowest BCUT2D eigenvalue weighted by Crippen LogP contribution is -2.26. The average Bonchev–Trinajstić information content (AvgIpc) is 2.64. The third-order valence-electron chi connectivity index (χ3n) is 2.30. The van der Waals surface area contributed by atoms with Gasteiger partial charge in [0, 0.05) is 6.61 Å². The Morgan fingerprint density at radius 3 is 2.50 bits per heavy atom. The Bertz CT molecular complexity index is 106. The van der Waals surface area contributed by atoms with E-state index in [1.54, 1.807) is 0 Å². The van der Waals surface area contributed by atoms with Crippen LogP contribution in [0.25, 0.3) is 0 Å². The van der Waals surface area contributed by atoms with Gasteiger partial charge in [-0.05, 0) is 38.5 Å². The van der Waals surface area contributed by atoms with Crippen LogP contribution in [0.15, 0.2) is 0 Å². The van der Waals surface area contributed by atoms with E-state index in [-0.39, 0.29) is 6.61 Å². The molecule has 0 spiro atoms. The first kappa shape index (κ1) is 8.02. The third-order valence-corrected chi connectivity index (χ3v) is 2.30. The van der Waals surface area contributed by atoms with Crippen LogP contribution in [0.4, 0.5) is 0 Å². The van der Waals surface area contributed by atoms with Gasteiger partial charge in [-0.25, -0.2) is 0 Å². The summed E-state index contributed by atoms with van der Waals surface area (Å²) < 4.78 is 0. The van der Waals surface area contributed by atoms with Gasteiger partial charge in [-0.3, -0.25) is 0 Å². The van der Waals surface area contributed by atoms with Crippen molar-refractivity contribution in [3.63, 3.8) is 0 Å². The molecular weight excluding hydrogens is 128 g/mol. The molecule has 0 radical (unpaired) electrons. The van der Waals surface area contributed by atoms with Crippen molar-refractivity contribution in [1.29, 1.82) is 0 Å². The van der Waals surface area contributed by atoms with Crippen LogP contribution in [0.5, 0.6) is 0 Å². The highest BCUT2D eigenvalue weighted by Gasteiger charge is 2.38. The number of aliphatic hydroxyl groups excluding tert-OH is 1. The van der Waals surface area contributed by atoms with Crippen LogP contribution >= 0.6 is 0 Å². The Kier molecular flexibility index (Phi) is 2.32. The minimum atomic E-state index is -0.497. The average molecular weight is 144 g/mol. The van der Waals surface area contributed by atoms with Gasteiger partial charge in [0.05, 0.1) is 5.60 Å². The van der Waals surface area contributed by atoms with Crippen molar-refractivity contribution in [3.05, 3.63) is 0 Å². The standard InChI is InChI=1S/C8H16O2/c1-8(10,5-2-6-9)7-3-4-7/h7,9-10H,2-6H2,1H3. The normalized spacial score (nSPS) is 24.3. The zero-order chi connectivity index (χ0) is 7.61. The molecule has 0 amide bonds. The Morgan fingerprint density at radius 2 is 2.10 bits per heavy atom. The van der Waals surface area contributed by atoms with Gasteiger partial charge < -0.3 is 10.2 Å². The highest BCUT2D eigenvalue weighted by atomic mass is 16.3. The monoisotopic (exact) mass is 144 g/mol. The Morgan fingerprint density at radius 1 is 1.50 bits per heavy atom. The van der Waals surface area contributed by atoms with E-state index in [1.807, 2.05) is 6.92 Å². The van der Waals surface area contributed by atoms with Crippen molar-refractivity contribution in [3.8, 4) is 0 Å². The lowest BCUT2D eigenvalue weighted by atomic mass is 9.95. The van der Waals surface area contributed by atoms with E-state index in [9.17, 15) is 5.11 Å². The molecule has 2 heteroatoms. The van der Waals surface area contributed by atoms with E-state index in [2.05, 4.69) is 0 Å². The Balaban J connectivity index is 2.20. The number of hydrogen-bond donors (Lipinski definition) is 2. The fourth-order valence-corrected chi connectivity index (χ4v) is 1.35. The molecule has 0 heterocycles. The van der Waals surface area contributed by atoms with Gasteiger partial charge >= 0.3 is 0 Å². The lowest BCUT2D eigenvalue weighted by molar-refractivity contribution is 0.0218. The van der Waals surface area contributed by atoms with Crippen LogP contribution in [0.3, 0.4) is 0 Å². The van der Waals surface area contributed by atoms with Gasteiger partial charge in [0.1, 0.15) is 0 Å². The number of rotatable bonds is 4. The van der Waals surface area contributed by atoms with E-state index >= 15 is 0 Å². The van der Waals surface area contributed by atoms with Crippen molar-refractivity contribution in [1.82, 2.24) is 0 Å². The topological polar surface area (TPSA) is 40.5 Å². The van der Waals surface area contributed by atoms with Crippen LogP contribution < -0.4 is 0 Å². The van der Waals surface area contributed by atoms with Gasteiger partial charge in [0.15, 0.2) is 0 Å². The fraction of sp³-hybridized carbons (Fsp3) is 1.00. The van der Waals surface area contributed by atoms with Crippen LogP contribution in [0.2, 0.25) is 0 Å². The van der Waals surface area contributed by atoms with Gasteiger partial charge in [0.25, 0.3) is 0 Å². The Hall–Kier alpha value is -0.0800. The maximum Gasteiger partial charge on any atom is 0.0648 e. The molecule has 0 aromatic carbocycles. The molecule has 0 aliphatic heterocycles. The molecule has 1 fully saturated rings. The summed E-state index contributed by atoms with van der Waals surface area (Å²) in [7, 11) is 0. The molecule has 1 saturated carbocycles. The third kappa shape index (κ3) is 1.96. The van der Waals surface area contributed by atoms with Gasteiger partial charge in [0.2, 0.25) is 0 Å². The molecule has 0 saturated heterocycles. The first-order chi connectivity index (χ1) is 4.67. The maximum atomic E-state index is 9.67. The van der Waals surface area contributed by atoms with E-state index < -0.39 is 5.60 Å². The SMILES string of the molecule is CC(O)(CCCO)C1CC1. The van der Waals surface area contributed by atoms with Crippen molar-refractivity contribution in [2.24, 2.45) is 5.92 Å². The van der Waals surface area contributed by atoms with Crippen molar-refractivity contribution >= 4 is 0 Å². The summed E-state index contributed by atoms with van der Waals surface area (Å²) in [5, 5.41) is 18.2. The minimum absolute atomic E-state index is 0.197. The van der Waals surface area contributed by atoms with E-state index in [0.29, 0.717) is 5.92 Å². The number of aliphatic hydroxyl groups is 2. The summed E-state index contributed by atoms with van der Waals surface area (Å²) in [4.78, 5) is 0. The molecule has 10 heavy (non-hydrogen) atoms. The number of hydrogen-bond acceptors (Lipinski definition) is 2. The molecule has 2 nitrogen and oxygen atoms in total. The van der Waals surface area contributed by atoms with E-state index in [0.717, 1.165) is 12.8 Å². The van der Waals surface area contributed by atoms with Gasteiger partial charge in [-0.1, -0.05) is 0 Å². The zero-order valence-corrected chi connectivity index (χ0v) is 6.51. The molecule has 60 valence electrons. The summed E-state index contributed by atoms with van der Waals surface area (Å²) in [6, 6.07) is 0. The van der Waals surface area contributed by atoms with Gasteiger partial charge in [-0.2, -0.15) is 0 Å². The summed E-state index contributed by atoms with van der Waals surface area (Å²) in [6.45, 7) is 2.07.